The highest BCUT2D eigenvalue weighted by Crippen LogP contribution is 2.32. The first-order valence-electron chi connectivity index (χ1n) is 11.1. The molecule has 1 aliphatic heterocycles. The average molecular weight is 461 g/mol. The van der Waals surface area contributed by atoms with Crippen molar-refractivity contribution in [3.63, 3.8) is 0 Å². The Kier molecular flexibility index (Phi) is 7.01. The Labute approximate surface area is 199 Å². The smallest absolute Gasteiger partial charge is 0.309 e. The van der Waals surface area contributed by atoms with Crippen LogP contribution >= 0.6 is 0 Å². The summed E-state index contributed by atoms with van der Waals surface area (Å²) in [6.07, 6.45) is 0.0643. The number of nitrogens with zero attached hydrogens (tertiary/aromatic N) is 2. The molecule has 1 atom stereocenters. The minimum Gasteiger partial charge on any atom is -0.490 e. The van der Waals surface area contributed by atoms with Gasteiger partial charge < -0.3 is 24.0 Å². The predicted octanol–water partition coefficient (Wildman–Crippen LogP) is 3.95. The topological polar surface area (TPSA) is 68.3 Å². The van der Waals surface area contributed by atoms with Crippen molar-refractivity contribution in [3.8, 4) is 11.5 Å². The van der Waals surface area contributed by atoms with Crippen LogP contribution in [0.1, 0.15) is 15.9 Å². The number of likely N-dealkylation sites (N-methyl/N-ethyl adjacent to an activating group) is 1. The van der Waals surface area contributed by atoms with E-state index in [1.165, 1.54) is 7.11 Å². The number of fused-ring (bicyclic) bond motifs is 1. The Morgan fingerprint density at radius 2 is 1.82 bits per heavy atom. The molecule has 34 heavy (non-hydrogen) atoms. The molecule has 0 fully saturated rings. The van der Waals surface area contributed by atoms with Crippen molar-refractivity contribution in [1.82, 2.24) is 0 Å². The van der Waals surface area contributed by atoms with Gasteiger partial charge in [-0.1, -0.05) is 24.3 Å². The van der Waals surface area contributed by atoms with Crippen LogP contribution < -0.4 is 19.3 Å². The highest BCUT2D eigenvalue weighted by molar-refractivity contribution is 6.05. The van der Waals surface area contributed by atoms with E-state index in [0.29, 0.717) is 23.6 Å². The molecule has 1 heterocycles. The first-order valence-corrected chi connectivity index (χ1v) is 11.1. The van der Waals surface area contributed by atoms with Crippen LogP contribution in [-0.4, -0.2) is 52.3 Å². The SMILES string of the molecule is COC(=O)Cc1cccc(N(C)C(=O)c2ccc(OC[C@@H]3CN(C)c4ccccc4O3)cc2)c1. The number of carbonyl (C=O) groups is 2. The lowest BCUT2D eigenvalue weighted by atomic mass is 10.1. The van der Waals surface area contributed by atoms with Gasteiger partial charge in [-0.25, -0.2) is 0 Å². The second-order valence-electron chi connectivity index (χ2n) is 8.21. The number of amides is 1. The molecular formula is C27H28N2O5. The second kappa shape index (κ2) is 10.3. The Balaban J connectivity index is 1.36. The van der Waals surface area contributed by atoms with E-state index in [1.807, 2.05) is 55.6 Å². The van der Waals surface area contributed by atoms with Crippen LogP contribution in [-0.2, 0) is 16.0 Å². The summed E-state index contributed by atoms with van der Waals surface area (Å²) >= 11 is 0. The summed E-state index contributed by atoms with van der Waals surface area (Å²) in [4.78, 5) is 28.2. The third-order valence-corrected chi connectivity index (χ3v) is 5.76. The number of esters is 1. The lowest BCUT2D eigenvalue weighted by Crippen LogP contribution is -2.41. The Morgan fingerprint density at radius 1 is 1.06 bits per heavy atom. The fourth-order valence-electron chi connectivity index (χ4n) is 3.89. The van der Waals surface area contributed by atoms with Crippen LogP contribution in [0, 0.1) is 0 Å². The predicted molar refractivity (Wildman–Crippen MR) is 131 cm³/mol. The third kappa shape index (κ3) is 5.31. The molecule has 176 valence electrons. The summed E-state index contributed by atoms with van der Waals surface area (Å²) in [5.41, 5.74) is 3.09. The molecule has 0 saturated carbocycles. The molecule has 1 amide bonds. The zero-order valence-corrected chi connectivity index (χ0v) is 19.6. The van der Waals surface area contributed by atoms with E-state index in [1.54, 1.807) is 36.2 Å². The molecule has 0 aromatic heterocycles. The van der Waals surface area contributed by atoms with Crippen LogP contribution in [0.4, 0.5) is 11.4 Å². The molecule has 0 spiro atoms. The summed E-state index contributed by atoms with van der Waals surface area (Å²) in [6.45, 7) is 1.13. The van der Waals surface area contributed by atoms with E-state index in [4.69, 9.17) is 14.2 Å². The van der Waals surface area contributed by atoms with E-state index in [-0.39, 0.29) is 24.4 Å². The molecule has 4 rings (SSSR count). The molecule has 0 N–H and O–H groups in total. The number of carbonyl (C=O) groups excluding carboxylic acids is 2. The van der Waals surface area contributed by atoms with Crippen LogP contribution in [0.15, 0.2) is 72.8 Å². The summed E-state index contributed by atoms with van der Waals surface area (Å²) in [7, 11) is 5.10. The van der Waals surface area contributed by atoms with E-state index in [2.05, 4.69) is 4.90 Å². The highest BCUT2D eigenvalue weighted by Gasteiger charge is 2.23. The molecule has 0 bridgehead atoms. The molecule has 3 aromatic rings. The monoisotopic (exact) mass is 460 g/mol. The fourth-order valence-corrected chi connectivity index (χ4v) is 3.89. The number of ether oxygens (including phenoxy) is 3. The molecule has 0 unspecified atom stereocenters. The maximum absolute atomic E-state index is 13.0. The number of hydrogen-bond acceptors (Lipinski definition) is 6. The second-order valence-corrected chi connectivity index (χ2v) is 8.21. The Bertz CT molecular complexity index is 1160. The molecule has 0 saturated heterocycles. The van der Waals surface area contributed by atoms with E-state index >= 15 is 0 Å². The number of rotatable bonds is 7. The van der Waals surface area contributed by atoms with Gasteiger partial charge in [0.15, 0.2) is 0 Å². The van der Waals surface area contributed by atoms with Gasteiger partial charge in [-0.05, 0) is 54.1 Å². The Hall–Kier alpha value is -4.00. The van der Waals surface area contributed by atoms with Crippen molar-refractivity contribution >= 4 is 23.3 Å². The summed E-state index contributed by atoms with van der Waals surface area (Å²) in [5, 5.41) is 0. The summed E-state index contributed by atoms with van der Waals surface area (Å²) in [5.74, 6) is 1.04. The van der Waals surface area contributed by atoms with Gasteiger partial charge in [0.25, 0.3) is 5.91 Å². The van der Waals surface area contributed by atoms with E-state index < -0.39 is 0 Å². The molecule has 7 nitrogen and oxygen atoms in total. The first-order chi connectivity index (χ1) is 16.4. The summed E-state index contributed by atoms with van der Waals surface area (Å²) in [6, 6.07) is 22.3. The van der Waals surface area contributed by atoms with Gasteiger partial charge in [0, 0.05) is 25.3 Å². The van der Waals surface area contributed by atoms with E-state index in [0.717, 1.165) is 23.5 Å². The lowest BCUT2D eigenvalue weighted by molar-refractivity contribution is -0.139. The van der Waals surface area contributed by atoms with Gasteiger partial charge in [0.2, 0.25) is 0 Å². The van der Waals surface area contributed by atoms with Crippen LogP contribution in [0.5, 0.6) is 11.5 Å². The Morgan fingerprint density at radius 3 is 2.59 bits per heavy atom. The molecular weight excluding hydrogens is 432 g/mol. The highest BCUT2D eigenvalue weighted by atomic mass is 16.5. The standard InChI is InChI=1S/C27H28N2O5/c1-28-17-23(34-25-10-5-4-9-24(25)28)18-33-22-13-11-20(12-14-22)27(31)29(2)21-8-6-7-19(15-21)16-26(30)32-3/h4-15,23H,16-18H2,1-3H3/t23-/m0/s1. The van der Waals surface area contributed by atoms with Crippen molar-refractivity contribution < 1.29 is 23.8 Å². The minimum absolute atomic E-state index is 0.0930. The molecule has 7 heteroatoms. The third-order valence-electron chi connectivity index (χ3n) is 5.76. The maximum atomic E-state index is 13.0. The van der Waals surface area contributed by atoms with Crippen molar-refractivity contribution in [2.24, 2.45) is 0 Å². The van der Waals surface area contributed by atoms with Gasteiger partial charge in [-0.3, -0.25) is 9.59 Å². The number of para-hydroxylation sites is 2. The van der Waals surface area contributed by atoms with Crippen molar-refractivity contribution in [2.75, 3.05) is 44.2 Å². The number of methoxy groups -OCH3 is 1. The number of benzene rings is 3. The average Bonchev–Trinajstić information content (AvgIpc) is 2.87. The minimum atomic E-state index is -0.323. The number of anilines is 2. The number of hydrogen-bond donors (Lipinski definition) is 0. The van der Waals surface area contributed by atoms with Gasteiger partial charge in [0.1, 0.15) is 24.2 Å². The molecule has 0 radical (unpaired) electrons. The van der Waals surface area contributed by atoms with Crippen molar-refractivity contribution in [3.05, 3.63) is 83.9 Å². The van der Waals surface area contributed by atoms with Crippen LogP contribution in [0.3, 0.4) is 0 Å². The van der Waals surface area contributed by atoms with Gasteiger partial charge in [-0.15, -0.1) is 0 Å². The molecule has 1 aliphatic rings. The quantitative estimate of drug-likeness (QED) is 0.498. The summed E-state index contributed by atoms with van der Waals surface area (Å²) < 4.78 is 16.7. The van der Waals surface area contributed by atoms with Crippen LogP contribution in [0.25, 0.3) is 0 Å². The molecule has 3 aromatic carbocycles. The zero-order chi connectivity index (χ0) is 24.1. The van der Waals surface area contributed by atoms with Crippen molar-refractivity contribution in [2.45, 2.75) is 12.5 Å². The van der Waals surface area contributed by atoms with Crippen molar-refractivity contribution in [1.29, 1.82) is 0 Å². The van der Waals surface area contributed by atoms with Gasteiger partial charge in [-0.2, -0.15) is 0 Å². The fraction of sp³-hybridized carbons (Fsp3) is 0.259. The van der Waals surface area contributed by atoms with Crippen LogP contribution in [0.2, 0.25) is 0 Å². The van der Waals surface area contributed by atoms with Gasteiger partial charge in [0.05, 0.1) is 25.8 Å². The normalized spacial score (nSPS) is 14.6. The maximum Gasteiger partial charge on any atom is 0.309 e. The lowest BCUT2D eigenvalue weighted by Gasteiger charge is -2.33. The largest absolute Gasteiger partial charge is 0.490 e. The van der Waals surface area contributed by atoms with E-state index in [9.17, 15) is 9.59 Å². The zero-order valence-electron chi connectivity index (χ0n) is 19.6. The molecule has 0 aliphatic carbocycles. The van der Waals surface area contributed by atoms with Gasteiger partial charge >= 0.3 is 5.97 Å². The first kappa shape index (κ1) is 23.2.